The monoisotopic (exact) mass is 292 g/mol. The van der Waals surface area contributed by atoms with Gasteiger partial charge in [-0.1, -0.05) is 44.1 Å². The molecule has 0 bridgehead atoms. The van der Waals surface area contributed by atoms with Crippen molar-refractivity contribution in [3.63, 3.8) is 0 Å². The highest BCUT2D eigenvalue weighted by atomic mass is 28.4. The van der Waals surface area contributed by atoms with Gasteiger partial charge in [-0.25, -0.2) is 0 Å². The van der Waals surface area contributed by atoms with Crippen molar-refractivity contribution in [2.45, 2.75) is 71.5 Å². The third-order valence-corrected chi connectivity index (χ3v) is 10.2. The lowest BCUT2D eigenvalue weighted by Gasteiger charge is -2.40. The molecule has 0 saturated heterocycles. The third-order valence-electron chi connectivity index (χ3n) is 5.74. The molecule has 0 spiro atoms. The maximum Gasteiger partial charge on any atom is 0.191 e. The number of allylic oxidation sites excluding steroid dienone is 4. The Morgan fingerprint density at radius 1 is 1.25 bits per heavy atom. The van der Waals surface area contributed by atoms with E-state index in [2.05, 4.69) is 52.9 Å². The zero-order valence-electron chi connectivity index (χ0n) is 14.3. The molecule has 0 heterocycles. The molecule has 2 atom stereocenters. The van der Waals surface area contributed by atoms with Crippen LogP contribution >= 0.6 is 0 Å². The van der Waals surface area contributed by atoms with Crippen LogP contribution in [-0.4, -0.2) is 14.9 Å². The van der Waals surface area contributed by atoms with Crippen molar-refractivity contribution in [2.75, 3.05) is 6.61 Å². The van der Waals surface area contributed by atoms with Crippen molar-refractivity contribution < 1.29 is 4.43 Å². The minimum Gasteiger partial charge on any atom is -0.417 e. The predicted octanol–water partition coefficient (Wildman–Crippen LogP) is 5.70. The Bertz CT molecular complexity index is 412. The van der Waals surface area contributed by atoms with Crippen molar-refractivity contribution in [3.05, 3.63) is 23.3 Å². The van der Waals surface area contributed by atoms with Crippen LogP contribution < -0.4 is 0 Å². The van der Waals surface area contributed by atoms with Crippen molar-refractivity contribution in [1.29, 1.82) is 0 Å². The maximum atomic E-state index is 6.50. The minimum atomic E-state index is -1.60. The number of rotatable bonds is 3. The van der Waals surface area contributed by atoms with E-state index in [0.717, 1.165) is 6.61 Å². The highest BCUT2D eigenvalue weighted by Crippen LogP contribution is 2.42. The lowest BCUT2D eigenvalue weighted by molar-refractivity contribution is 0.190. The Hall–Kier alpha value is -0.343. The first-order chi connectivity index (χ1) is 9.22. The van der Waals surface area contributed by atoms with E-state index in [-0.39, 0.29) is 0 Å². The molecule has 0 fully saturated rings. The zero-order chi connectivity index (χ0) is 15.0. The van der Waals surface area contributed by atoms with E-state index in [4.69, 9.17) is 4.43 Å². The van der Waals surface area contributed by atoms with Crippen molar-refractivity contribution in [3.8, 4) is 0 Å². The average molecular weight is 293 g/mol. The molecule has 0 saturated carbocycles. The second-order valence-electron chi connectivity index (χ2n) is 8.17. The average Bonchev–Trinajstić information content (AvgIpc) is 2.37. The van der Waals surface area contributed by atoms with Gasteiger partial charge in [-0.05, 0) is 56.7 Å². The van der Waals surface area contributed by atoms with E-state index < -0.39 is 8.32 Å². The van der Waals surface area contributed by atoms with Gasteiger partial charge in [0.15, 0.2) is 8.32 Å². The smallest absolute Gasteiger partial charge is 0.191 e. The summed E-state index contributed by atoms with van der Waals surface area (Å²) in [5.74, 6) is 1.38. The van der Waals surface area contributed by atoms with Gasteiger partial charge in [-0.15, -0.1) is 0 Å². The van der Waals surface area contributed by atoms with E-state index in [1.165, 1.54) is 25.7 Å². The van der Waals surface area contributed by atoms with Crippen LogP contribution in [-0.2, 0) is 4.43 Å². The van der Waals surface area contributed by atoms with Crippen LogP contribution in [0, 0.1) is 11.8 Å². The molecule has 0 aliphatic heterocycles. The Morgan fingerprint density at radius 3 is 2.60 bits per heavy atom. The largest absolute Gasteiger partial charge is 0.417 e. The first kappa shape index (κ1) is 16.0. The predicted molar refractivity (Wildman–Crippen MR) is 90.4 cm³/mol. The van der Waals surface area contributed by atoms with Crippen molar-refractivity contribution >= 4 is 8.32 Å². The lowest BCUT2D eigenvalue weighted by atomic mass is 9.72. The number of hydrogen-bond acceptors (Lipinski definition) is 1. The fraction of sp³-hybridized carbons (Fsp3) is 0.778. The van der Waals surface area contributed by atoms with Crippen LogP contribution in [0.15, 0.2) is 23.3 Å². The van der Waals surface area contributed by atoms with Gasteiger partial charge in [-0.2, -0.15) is 0 Å². The summed E-state index contributed by atoms with van der Waals surface area (Å²) in [6, 6.07) is 0. The molecule has 0 unspecified atom stereocenters. The molecule has 0 aromatic carbocycles. The molecular formula is C18H32OSi. The van der Waals surface area contributed by atoms with E-state index in [1.54, 1.807) is 11.1 Å². The fourth-order valence-corrected chi connectivity index (χ4v) is 4.23. The molecule has 1 nitrogen and oxygen atoms in total. The normalized spacial score (nSPS) is 27.7. The quantitative estimate of drug-likeness (QED) is 0.479. The minimum absolute atomic E-state index is 0.318. The highest BCUT2D eigenvalue weighted by Gasteiger charge is 2.39. The summed E-state index contributed by atoms with van der Waals surface area (Å²) in [5, 5.41) is 0.318. The third kappa shape index (κ3) is 3.28. The van der Waals surface area contributed by atoms with E-state index >= 15 is 0 Å². The SMILES string of the molecule is CC1=C2CCC=C[C@H]2[C@@H](CO[Si](C)(C)C(C)(C)C)CC1. The molecule has 0 radical (unpaired) electrons. The summed E-state index contributed by atoms with van der Waals surface area (Å²) in [6.45, 7) is 15.0. The van der Waals surface area contributed by atoms with Gasteiger partial charge >= 0.3 is 0 Å². The Kier molecular flexibility index (Phi) is 4.65. The maximum absolute atomic E-state index is 6.50. The topological polar surface area (TPSA) is 9.23 Å². The van der Waals surface area contributed by atoms with Gasteiger partial charge < -0.3 is 4.43 Å². The molecule has 0 aromatic rings. The van der Waals surface area contributed by atoms with Crippen molar-refractivity contribution in [2.24, 2.45) is 11.8 Å². The first-order valence-corrected chi connectivity index (χ1v) is 11.1. The lowest BCUT2D eigenvalue weighted by Crippen LogP contribution is -2.43. The van der Waals surface area contributed by atoms with Gasteiger partial charge in [0, 0.05) is 12.5 Å². The summed E-state index contributed by atoms with van der Waals surface area (Å²) in [7, 11) is -1.60. The van der Waals surface area contributed by atoms with Gasteiger partial charge in [0.05, 0.1) is 0 Å². The molecule has 2 heteroatoms. The molecular weight excluding hydrogens is 260 g/mol. The van der Waals surface area contributed by atoms with Crippen LogP contribution in [0.3, 0.4) is 0 Å². The zero-order valence-corrected chi connectivity index (χ0v) is 15.3. The van der Waals surface area contributed by atoms with Crippen LogP contribution in [0.1, 0.15) is 53.4 Å². The fourth-order valence-electron chi connectivity index (χ4n) is 3.16. The summed E-state index contributed by atoms with van der Waals surface area (Å²) < 4.78 is 6.50. The number of hydrogen-bond donors (Lipinski definition) is 0. The highest BCUT2D eigenvalue weighted by molar-refractivity contribution is 6.74. The van der Waals surface area contributed by atoms with Gasteiger partial charge in [0.2, 0.25) is 0 Å². The summed E-state index contributed by atoms with van der Waals surface area (Å²) in [5.41, 5.74) is 3.38. The van der Waals surface area contributed by atoms with Gasteiger partial charge in [0.25, 0.3) is 0 Å². The molecule has 2 rings (SSSR count). The van der Waals surface area contributed by atoms with E-state index in [0.29, 0.717) is 16.9 Å². The Labute approximate surface area is 126 Å². The Morgan fingerprint density at radius 2 is 1.95 bits per heavy atom. The summed E-state index contributed by atoms with van der Waals surface area (Å²) in [6.07, 6.45) is 9.94. The summed E-state index contributed by atoms with van der Waals surface area (Å²) >= 11 is 0. The molecule has 0 amide bonds. The van der Waals surface area contributed by atoms with Gasteiger partial charge in [-0.3, -0.25) is 0 Å². The standard InChI is InChI=1S/C18H32OSi/c1-14-11-12-15(17-10-8-7-9-16(14)17)13-19-20(5,6)18(2,3)4/h8,10,15,17H,7,9,11-13H2,1-6H3/t15-,17+/m1/s1. The number of fused-ring (bicyclic) bond motifs is 1. The second kappa shape index (κ2) is 5.80. The van der Waals surface area contributed by atoms with E-state index in [1.807, 2.05) is 0 Å². The second-order valence-corrected chi connectivity index (χ2v) is 13.0. The van der Waals surface area contributed by atoms with E-state index in [9.17, 15) is 0 Å². The molecule has 0 N–H and O–H groups in total. The van der Waals surface area contributed by atoms with Crippen LogP contribution in [0.4, 0.5) is 0 Å². The van der Waals surface area contributed by atoms with Gasteiger partial charge in [0.1, 0.15) is 0 Å². The molecule has 0 aromatic heterocycles. The Balaban J connectivity index is 2.04. The van der Waals surface area contributed by atoms with Crippen LogP contribution in [0.25, 0.3) is 0 Å². The molecule has 2 aliphatic carbocycles. The van der Waals surface area contributed by atoms with Crippen LogP contribution in [0.5, 0.6) is 0 Å². The molecule has 2 aliphatic rings. The molecule has 20 heavy (non-hydrogen) atoms. The summed E-state index contributed by atoms with van der Waals surface area (Å²) in [4.78, 5) is 0. The first-order valence-electron chi connectivity index (χ1n) is 8.21. The molecule has 114 valence electrons. The van der Waals surface area contributed by atoms with Crippen molar-refractivity contribution in [1.82, 2.24) is 0 Å². The van der Waals surface area contributed by atoms with Crippen LogP contribution in [0.2, 0.25) is 18.1 Å².